The molecule has 0 spiro atoms. The summed E-state index contributed by atoms with van der Waals surface area (Å²) in [5, 5.41) is 12.5. The molecule has 5 rings (SSSR count). The van der Waals surface area contributed by atoms with Crippen LogP contribution in [0.15, 0.2) is 82.8 Å². The lowest BCUT2D eigenvalue weighted by atomic mass is 10.1. The lowest BCUT2D eigenvalue weighted by Gasteiger charge is -2.05. The molecule has 146 valence electrons. The molecule has 1 aliphatic rings. The van der Waals surface area contributed by atoms with E-state index in [9.17, 15) is 9.90 Å². The molecule has 0 aliphatic carbocycles. The number of pyridine rings is 1. The van der Waals surface area contributed by atoms with Crippen LogP contribution in [0.3, 0.4) is 0 Å². The van der Waals surface area contributed by atoms with E-state index in [1.165, 1.54) is 11.3 Å². The van der Waals surface area contributed by atoms with E-state index in [0.29, 0.717) is 31.6 Å². The quantitative estimate of drug-likeness (QED) is 0.562. The van der Waals surface area contributed by atoms with E-state index in [1.807, 2.05) is 67.6 Å². The molecule has 3 heterocycles. The highest BCUT2D eigenvalue weighted by Crippen LogP contribution is 2.30. The van der Waals surface area contributed by atoms with E-state index < -0.39 is 0 Å². The van der Waals surface area contributed by atoms with E-state index in [1.54, 1.807) is 16.7 Å². The predicted octanol–water partition coefficient (Wildman–Crippen LogP) is 2.54. The Bertz CT molecular complexity index is 1480. The summed E-state index contributed by atoms with van der Waals surface area (Å²) in [5.74, 6) is 0.112. The fraction of sp³-hybridized carbons (Fsp3) is 0.0435. The molecule has 2 aromatic carbocycles. The first kappa shape index (κ1) is 18.2. The van der Waals surface area contributed by atoms with Gasteiger partial charge in [0.15, 0.2) is 10.6 Å². The van der Waals surface area contributed by atoms with E-state index in [2.05, 4.69) is 15.0 Å². The smallest absolute Gasteiger partial charge is 0.279 e. The molecular weight excluding hydrogens is 396 g/mol. The molecule has 1 N–H and O–H groups in total. The van der Waals surface area contributed by atoms with Gasteiger partial charge in [0.25, 0.3) is 5.91 Å². The monoisotopic (exact) mass is 412 g/mol. The Hall–Kier alpha value is -3.84. The maximum atomic E-state index is 12.7. The van der Waals surface area contributed by atoms with Crippen molar-refractivity contribution in [3.8, 4) is 11.6 Å². The molecule has 1 amide bonds. The summed E-state index contributed by atoms with van der Waals surface area (Å²) < 4.78 is 1.63. The minimum atomic E-state index is -0.367. The van der Waals surface area contributed by atoms with Gasteiger partial charge in [0.05, 0.1) is 16.6 Å². The number of carbonyl (C=O) groups excluding carboxylic acids is 1. The van der Waals surface area contributed by atoms with E-state index in [-0.39, 0.29) is 11.8 Å². The number of aromatic nitrogens is 2. The van der Waals surface area contributed by atoms with Crippen molar-refractivity contribution in [1.29, 1.82) is 0 Å². The average molecular weight is 412 g/mol. The van der Waals surface area contributed by atoms with Crippen LogP contribution in [0.1, 0.15) is 10.6 Å². The number of rotatable bonds is 3. The Balaban J connectivity index is 1.83. The van der Waals surface area contributed by atoms with Crippen molar-refractivity contribution in [2.45, 2.75) is 6.92 Å². The lowest BCUT2D eigenvalue weighted by molar-refractivity contribution is -0.112. The van der Waals surface area contributed by atoms with Crippen LogP contribution in [0.5, 0.6) is 5.88 Å². The average Bonchev–Trinajstić information content (AvgIpc) is 3.24. The first-order chi connectivity index (χ1) is 14.6. The summed E-state index contributed by atoms with van der Waals surface area (Å²) in [7, 11) is 0. The first-order valence-electron chi connectivity index (χ1n) is 9.33. The number of amides is 1. The van der Waals surface area contributed by atoms with Gasteiger partial charge < -0.3 is 5.11 Å². The number of fused-ring (bicyclic) bond motifs is 1. The number of carbonyl (C=O) groups is 1. The Morgan fingerprint density at radius 3 is 2.53 bits per heavy atom. The third kappa shape index (κ3) is 3.05. The molecule has 7 heteroatoms. The van der Waals surface area contributed by atoms with Gasteiger partial charge in [-0.3, -0.25) is 9.36 Å². The summed E-state index contributed by atoms with van der Waals surface area (Å²) in [5.41, 5.74) is 1.97. The van der Waals surface area contributed by atoms with Gasteiger partial charge in [0.1, 0.15) is 4.88 Å². The number of nitrogens with zero attached hydrogens (tertiary/aromatic N) is 4. The van der Waals surface area contributed by atoms with Crippen LogP contribution in [0.25, 0.3) is 11.3 Å². The molecule has 0 atom stereocenters. The van der Waals surface area contributed by atoms with Crippen LogP contribution in [-0.4, -0.2) is 20.6 Å². The van der Waals surface area contributed by atoms with Gasteiger partial charge in [-0.25, -0.2) is 15.0 Å². The fourth-order valence-corrected chi connectivity index (χ4v) is 4.48. The van der Waals surface area contributed by atoms with Crippen molar-refractivity contribution in [3.63, 3.8) is 0 Å². The number of thiazole rings is 1. The maximum Gasteiger partial charge on any atom is 0.279 e. The minimum absolute atomic E-state index is 0.0483. The highest BCUT2D eigenvalue weighted by molar-refractivity contribution is 7.11. The zero-order chi connectivity index (χ0) is 20.7. The maximum absolute atomic E-state index is 12.7. The van der Waals surface area contributed by atoms with Gasteiger partial charge in [0.2, 0.25) is 5.88 Å². The Kier molecular flexibility index (Phi) is 4.37. The zero-order valence-corrected chi connectivity index (χ0v) is 16.8. The molecule has 0 radical (unpaired) electrons. The van der Waals surface area contributed by atoms with Crippen molar-refractivity contribution in [3.05, 3.63) is 98.7 Å². The normalized spacial score (nSPS) is 13.4. The Morgan fingerprint density at radius 2 is 1.73 bits per heavy atom. The number of aryl methyl sites for hydroxylation is 1. The van der Waals surface area contributed by atoms with Crippen LogP contribution >= 0.6 is 11.3 Å². The number of benzene rings is 2. The molecule has 0 saturated heterocycles. The molecule has 1 aliphatic heterocycles. The lowest BCUT2D eigenvalue weighted by Crippen LogP contribution is -2.22. The molecule has 0 fully saturated rings. The zero-order valence-electron chi connectivity index (χ0n) is 16.0. The van der Waals surface area contributed by atoms with Crippen LogP contribution in [0.2, 0.25) is 0 Å². The van der Waals surface area contributed by atoms with Gasteiger partial charge in [0, 0.05) is 10.9 Å². The molecule has 4 aromatic rings. The third-order valence-electron chi connectivity index (χ3n) is 4.73. The molecular formula is C23H16N4O2S. The standard InChI is InChI=1S/C23H16N4O2S/c1-14-8-7-13-18(24-14)26-23-27(15-9-3-2-4-10-15)22(29)20(30-23)19-16-11-5-6-12-17(16)25-21(19)28/h2-13,29H,1H3/b26-23+. The second kappa shape index (κ2) is 7.20. The summed E-state index contributed by atoms with van der Waals surface area (Å²) in [6.07, 6.45) is 0. The number of aromatic hydroxyl groups is 1. The predicted molar refractivity (Wildman–Crippen MR) is 114 cm³/mol. The first-order valence-corrected chi connectivity index (χ1v) is 10.1. The SMILES string of the molecule is Cc1cccc(/N=c2/sc(C3=c4ccccc4=NC3=O)c(O)n2-c2ccccc2)n1. The van der Waals surface area contributed by atoms with Crippen LogP contribution in [0.4, 0.5) is 5.82 Å². The second-order valence-corrected chi connectivity index (χ2v) is 7.74. The van der Waals surface area contributed by atoms with E-state index in [0.717, 1.165) is 11.4 Å². The summed E-state index contributed by atoms with van der Waals surface area (Å²) >= 11 is 1.23. The Morgan fingerprint density at radius 1 is 0.967 bits per heavy atom. The summed E-state index contributed by atoms with van der Waals surface area (Å²) in [6.45, 7) is 1.90. The summed E-state index contributed by atoms with van der Waals surface area (Å²) in [6, 6.07) is 22.3. The number of hydrogen-bond donors (Lipinski definition) is 1. The van der Waals surface area contributed by atoms with Crippen LogP contribution in [-0.2, 0) is 4.79 Å². The van der Waals surface area contributed by atoms with Crippen molar-refractivity contribution in [2.75, 3.05) is 0 Å². The van der Waals surface area contributed by atoms with Gasteiger partial charge >= 0.3 is 0 Å². The Labute approximate surface area is 175 Å². The largest absolute Gasteiger partial charge is 0.493 e. The van der Waals surface area contributed by atoms with Crippen LogP contribution in [0, 0.1) is 6.92 Å². The number of para-hydroxylation sites is 2. The molecule has 0 unspecified atom stereocenters. The third-order valence-corrected chi connectivity index (χ3v) is 5.78. The molecule has 6 nitrogen and oxygen atoms in total. The minimum Gasteiger partial charge on any atom is -0.493 e. The van der Waals surface area contributed by atoms with E-state index in [4.69, 9.17) is 0 Å². The van der Waals surface area contributed by atoms with Gasteiger partial charge in [-0.1, -0.05) is 53.8 Å². The van der Waals surface area contributed by atoms with Gasteiger partial charge in [-0.2, -0.15) is 0 Å². The summed E-state index contributed by atoms with van der Waals surface area (Å²) in [4.78, 5) is 26.9. The van der Waals surface area contributed by atoms with E-state index >= 15 is 0 Å². The van der Waals surface area contributed by atoms with Crippen molar-refractivity contribution >= 4 is 28.6 Å². The highest BCUT2D eigenvalue weighted by atomic mass is 32.1. The fourth-order valence-electron chi connectivity index (χ4n) is 3.39. The number of hydrogen-bond acceptors (Lipinski definition) is 5. The van der Waals surface area contributed by atoms with Gasteiger partial charge in [-0.05, 0) is 37.3 Å². The van der Waals surface area contributed by atoms with Crippen molar-refractivity contribution < 1.29 is 9.90 Å². The molecule has 30 heavy (non-hydrogen) atoms. The van der Waals surface area contributed by atoms with Crippen molar-refractivity contribution in [2.24, 2.45) is 9.98 Å². The van der Waals surface area contributed by atoms with Gasteiger partial charge in [-0.15, -0.1) is 0 Å². The molecule has 0 bridgehead atoms. The van der Waals surface area contributed by atoms with Crippen LogP contribution < -0.4 is 15.4 Å². The molecule has 0 saturated carbocycles. The second-order valence-electron chi connectivity index (χ2n) is 6.77. The highest BCUT2D eigenvalue weighted by Gasteiger charge is 2.26. The molecule has 2 aromatic heterocycles. The topological polar surface area (TPSA) is 79.8 Å². The van der Waals surface area contributed by atoms with Crippen molar-refractivity contribution in [1.82, 2.24) is 9.55 Å².